The Bertz CT molecular complexity index is 831. The van der Waals surface area contributed by atoms with Crippen molar-refractivity contribution >= 4 is 0 Å². The largest absolute Gasteiger partial charge is 0.487 e. The third kappa shape index (κ3) is 1.52. The van der Waals surface area contributed by atoms with Gasteiger partial charge in [0, 0.05) is 22.3 Å². The fourth-order valence-corrected chi connectivity index (χ4v) is 3.18. The first kappa shape index (κ1) is 11.7. The van der Waals surface area contributed by atoms with Crippen LogP contribution in [0.3, 0.4) is 0 Å². The van der Waals surface area contributed by atoms with Crippen molar-refractivity contribution in [2.75, 3.05) is 0 Å². The van der Waals surface area contributed by atoms with Crippen molar-refractivity contribution in [1.82, 2.24) is 10.2 Å². The maximum Gasteiger partial charge on any atom is 0.133 e. The van der Waals surface area contributed by atoms with Gasteiger partial charge in [0.25, 0.3) is 0 Å². The number of fused-ring (bicyclic) bond motifs is 7. The number of rotatable bonds is 0. The first-order valence-corrected chi connectivity index (χ1v) is 7.24. The first-order chi connectivity index (χ1) is 10.9. The summed E-state index contributed by atoms with van der Waals surface area (Å²) in [5, 5.41) is 8.70. The highest BCUT2D eigenvalue weighted by atomic mass is 16.5. The molecular weight excluding hydrogens is 276 g/mol. The zero-order chi connectivity index (χ0) is 14.5. The van der Waals surface area contributed by atoms with Crippen LogP contribution in [-0.2, 0) is 13.2 Å². The summed E-state index contributed by atoms with van der Waals surface area (Å²) in [5.41, 5.74) is 6.17. The van der Waals surface area contributed by atoms with Crippen LogP contribution >= 0.6 is 0 Å². The number of nitrogens with zero attached hydrogens (tertiary/aromatic N) is 2. The summed E-state index contributed by atoms with van der Waals surface area (Å²) < 4.78 is 11.6. The van der Waals surface area contributed by atoms with Crippen molar-refractivity contribution in [3.8, 4) is 33.8 Å². The minimum absolute atomic E-state index is 0.454. The van der Waals surface area contributed by atoms with Gasteiger partial charge in [0.15, 0.2) is 0 Å². The summed E-state index contributed by atoms with van der Waals surface area (Å²) in [5.74, 6) is 1.79. The summed E-state index contributed by atoms with van der Waals surface area (Å²) >= 11 is 0. The Labute approximate surface area is 127 Å². The van der Waals surface area contributed by atoms with Gasteiger partial charge in [-0.15, -0.1) is 0 Å². The second kappa shape index (κ2) is 4.31. The van der Waals surface area contributed by atoms with Crippen LogP contribution < -0.4 is 9.47 Å². The average molecular weight is 288 g/mol. The highest BCUT2D eigenvalue weighted by Crippen LogP contribution is 2.47. The van der Waals surface area contributed by atoms with Gasteiger partial charge in [-0.05, 0) is 12.1 Å². The van der Waals surface area contributed by atoms with Crippen molar-refractivity contribution in [1.29, 1.82) is 0 Å². The van der Waals surface area contributed by atoms with Crippen LogP contribution in [0.15, 0.2) is 48.5 Å². The molecule has 0 aliphatic carbocycles. The normalized spacial score (nSPS) is 13.8. The minimum atomic E-state index is 0.454. The lowest BCUT2D eigenvalue weighted by atomic mass is 9.89. The van der Waals surface area contributed by atoms with Gasteiger partial charge in [-0.1, -0.05) is 36.4 Å². The average Bonchev–Trinajstić information content (AvgIpc) is 2.60. The van der Waals surface area contributed by atoms with Crippen molar-refractivity contribution < 1.29 is 9.47 Å². The van der Waals surface area contributed by atoms with Gasteiger partial charge in [0.2, 0.25) is 0 Å². The second-order valence-corrected chi connectivity index (χ2v) is 5.41. The zero-order valence-corrected chi connectivity index (χ0v) is 11.7. The lowest BCUT2D eigenvalue weighted by Crippen LogP contribution is -2.16. The molecule has 0 saturated heterocycles. The molecule has 0 N–H and O–H groups in total. The van der Waals surface area contributed by atoms with E-state index in [1.54, 1.807) is 0 Å². The van der Waals surface area contributed by atoms with E-state index in [2.05, 4.69) is 22.3 Å². The molecule has 3 aromatic rings. The van der Waals surface area contributed by atoms with Crippen LogP contribution in [-0.4, -0.2) is 10.2 Å². The number of hydrogen-bond acceptors (Lipinski definition) is 4. The third-order valence-corrected chi connectivity index (χ3v) is 4.16. The minimum Gasteiger partial charge on any atom is -0.487 e. The molecule has 0 spiro atoms. The second-order valence-electron chi connectivity index (χ2n) is 5.41. The standard InChI is InChI=1S/C18H12N2O2/c1-3-7-15-11(5-1)17-13(9-21-15)19-20-14-10-22-16-8-4-2-6-12(16)18(14)17/h1-8H,9-10H2. The molecule has 3 heterocycles. The molecule has 0 atom stereocenters. The Morgan fingerprint density at radius 1 is 0.636 bits per heavy atom. The lowest BCUT2D eigenvalue weighted by molar-refractivity contribution is 0.286. The fraction of sp³-hybridized carbons (Fsp3) is 0.111. The van der Waals surface area contributed by atoms with Gasteiger partial charge in [0.1, 0.15) is 36.1 Å². The van der Waals surface area contributed by atoms with E-state index in [0.717, 1.165) is 45.1 Å². The summed E-state index contributed by atoms with van der Waals surface area (Å²) in [6, 6.07) is 16.2. The molecule has 5 rings (SSSR count). The van der Waals surface area contributed by atoms with Crippen LogP contribution in [0.1, 0.15) is 11.4 Å². The monoisotopic (exact) mass is 288 g/mol. The Morgan fingerprint density at radius 2 is 1.09 bits per heavy atom. The molecule has 4 heteroatoms. The number of para-hydroxylation sites is 2. The topological polar surface area (TPSA) is 44.2 Å². The van der Waals surface area contributed by atoms with E-state index in [1.807, 2.05) is 36.4 Å². The molecule has 4 nitrogen and oxygen atoms in total. The van der Waals surface area contributed by atoms with Crippen LogP contribution in [0, 0.1) is 0 Å². The molecule has 1 aromatic heterocycles. The summed E-state index contributed by atoms with van der Waals surface area (Å²) in [6.07, 6.45) is 0. The Hall–Kier alpha value is -2.88. The van der Waals surface area contributed by atoms with Crippen LogP contribution in [0.5, 0.6) is 11.5 Å². The summed E-state index contributed by atoms with van der Waals surface area (Å²) in [7, 11) is 0. The van der Waals surface area contributed by atoms with Crippen LogP contribution in [0.2, 0.25) is 0 Å². The number of hydrogen-bond donors (Lipinski definition) is 0. The Balaban J connectivity index is 1.88. The predicted molar refractivity (Wildman–Crippen MR) is 81.6 cm³/mol. The van der Waals surface area contributed by atoms with Gasteiger partial charge >= 0.3 is 0 Å². The highest BCUT2D eigenvalue weighted by molar-refractivity contribution is 5.91. The molecule has 2 aromatic carbocycles. The molecule has 0 radical (unpaired) electrons. The summed E-state index contributed by atoms with van der Waals surface area (Å²) in [6.45, 7) is 0.908. The quantitative estimate of drug-likeness (QED) is 0.634. The van der Waals surface area contributed by atoms with E-state index in [-0.39, 0.29) is 0 Å². The molecule has 2 aliphatic rings. The van der Waals surface area contributed by atoms with Crippen LogP contribution in [0.25, 0.3) is 22.3 Å². The van der Waals surface area contributed by atoms with E-state index in [4.69, 9.17) is 9.47 Å². The number of benzene rings is 2. The Morgan fingerprint density at radius 3 is 1.59 bits per heavy atom. The number of aromatic nitrogens is 2. The van der Waals surface area contributed by atoms with Crippen molar-refractivity contribution in [3.63, 3.8) is 0 Å². The maximum atomic E-state index is 5.80. The zero-order valence-electron chi connectivity index (χ0n) is 11.7. The van der Waals surface area contributed by atoms with Gasteiger partial charge in [-0.25, -0.2) is 0 Å². The highest BCUT2D eigenvalue weighted by Gasteiger charge is 2.29. The smallest absolute Gasteiger partial charge is 0.133 e. The SMILES string of the molecule is c1ccc2c(c1)OCc1nnc3c(c1-2)-c1ccccc1OC3. The molecule has 106 valence electrons. The van der Waals surface area contributed by atoms with E-state index in [1.165, 1.54) is 0 Å². The molecule has 22 heavy (non-hydrogen) atoms. The fourth-order valence-electron chi connectivity index (χ4n) is 3.18. The van der Waals surface area contributed by atoms with E-state index < -0.39 is 0 Å². The maximum absolute atomic E-state index is 5.80. The van der Waals surface area contributed by atoms with Crippen molar-refractivity contribution in [2.45, 2.75) is 13.2 Å². The Kier molecular flexibility index (Phi) is 2.30. The predicted octanol–water partition coefficient (Wildman–Crippen LogP) is 3.60. The molecule has 0 bridgehead atoms. The lowest BCUT2D eigenvalue weighted by Gasteiger charge is -2.26. The van der Waals surface area contributed by atoms with Gasteiger partial charge in [0.05, 0.1) is 0 Å². The van der Waals surface area contributed by atoms with Gasteiger partial charge < -0.3 is 9.47 Å². The summed E-state index contributed by atoms with van der Waals surface area (Å²) in [4.78, 5) is 0. The van der Waals surface area contributed by atoms with Crippen molar-refractivity contribution in [3.05, 3.63) is 59.9 Å². The van der Waals surface area contributed by atoms with E-state index in [0.29, 0.717) is 13.2 Å². The molecule has 2 aliphatic heterocycles. The number of ether oxygens (including phenoxy) is 2. The van der Waals surface area contributed by atoms with Gasteiger partial charge in [-0.2, -0.15) is 10.2 Å². The van der Waals surface area contributed by atoms with Crippen molar-refractivity contribution in [2.24, 2.45) is 0 Å². The van der Waals surface area contributed by atoms with Crippen LogP contribution in [0.4, 0.5) is 0 Å². The van der Waals surface area contributed by atoms with Gasteiger partial charge in [-0.3, -0.25) is 0 Å². The molecule has 0 unspecified atom stereocenters. The molecular formula is C18H12N2O2. The molecule has 0 saturated carbocycles. The van der Waals surface area contributed by atoms with E-state index >= 15 is 0 Å². The molecule has 0 fully saturated rings. The third-order valence-electron chi connectivity index (χ3n) is 4.16. The molecule has 0 amide bonds. The van der Waals surface area contributed by atoms with E-state index in [9.17, 15) is 0 Å². The first-order valence-electron chi connectivity index (χ1n) is 7.24.